The Morgan fingerprint density at radius 1 is 0.857 bits per heavy atom. The molecule has 0 fully saturated rings. The first kappa shape index (κ1) is 18.0. The zero-order valence-corrected chi connectivity index (χ0v) is 15.6. The van der Waals surface area contributed by atoms with Crippen LogP contribution in [0.3, 0.4) is 0 Å². The highest BCUT2D eigenvalue weighted by molar-refractivity contribution is 6.30. The molecule has 0 aliphatic rings. The Hall–Kier alpha value is -3.43. The standard InChI is InChI=1S/C24H16ClNO2/c25-18-13-10-16(11-14-18)12-15-21(27)23-22(17-6-2-1-3-7-17)19-8-4-5-9-20(19)26-24(23)28/h1-15H,(H,26,28)/b15-12+. The molecule has 4 aromatic rings. The Balaban J connectivity index is 1.88. The summed E-state index contributed by atoms with van der Waals surface area (Å²) in [5, 5.41) is 1.46. The van der Waals surface area contributed by atoms with Gasteiger partial charge in [0.05, 0.1) is 5.56 Å². The zero-order chi connectivity index (χ0) is 19.5. The van der Waals surface area contributed by atoms with Crippen molar-refractivity contribution in [3.05, 3.63) is 111 Å². The second-order valence-corrected chi connectivity index (χ2v) is 6.80. The third-order valence-electron chi connectivity index (χ3n) is 4.53. The molecule has 0 radical (unpaired) electrons. The lowest BCUT2D eigenvalue weighted by molar-refractivity contribution is 0.104. The molecule has 0 aliphatic carbocycles. The van der Waals surface area contributed by atoms with Gasteiger partial charge in [-0.25, -0.2) is 0 Å². The van der Waals surface area contributed by atoms with E-state index >= 15 is 0 Å². The summed E-state index contributed by atoms with van der Waals surface area (Å²) >= 11 is 5.90. The number of carbonyl (C=O) groups excluding carboxylic acids is 1. The second-order valence-electron chi connectivity index (χ2n) is 6.36. The van der Waals surface area contributed by atoms with Gasteiger partial charge >= 0.3 is 0 Å². The van der Waals surface area contributed by atoms with Crippen LogP contribution in [0.1, 0.15) is 15.9 Å². The van der Waals surface area contributed by atoms with Crippen LogP contribution in [0.5, 0.6) is 0 Å². The van der Waals surface area contributed by atoms with Crippen LogP contribution in [0, 0.1) is 0 Å². The Morgan fingerprint density at radius 3 is 2.29 bits per heavy atom. The SMILES string of the molecule is O=C(/C=C/c1ccc(Cl)cc1)c1c(-c2ccccc2)c2ccccc2[nH]c1=O. The fourth-order valence-electron chi connectivity index (χ4n) is 3.21. The number of allylic oxidation sites excluding steroid dienone is 1. The number of ketones is 1. The van der Waals surface area contributed by atoms with Gasteiger partial charge < -0.3 is 4.98 Å². The summed E-state index contributed by atoms with van der Waals surface area (Å²) in [6, 6.07) is 24.1. The van der Waals surface area contributed by atoms with E-state index in [9.17, 15) is 9.59 Å². The average molecular weight is 386 g/mol. The first-order chi connectivity index (χ1) is 13.6. The molecule has 0 spiro atoms. The minimum Gasteiger partial charge on any atom is -0.321 e. The van der Waals surface area contributed by atoms with E-state index in [0.717, 1.165) is 16.5 Å². The predicted molar refractivity (Wildman–Crippen MR) is 115 cm³/mol. The number of aromatic amines is 1. The van der Waals surface area contributed by atoms with Crippen molar-refractivity contribution in [1.29, 1.82) is 0 Å². The van der Waals surface area contributed by atoms with Crippen LogP contribution in [-0.2, 0) is 0 Å². The van der Waals surface area contributed by atoms with Crippen molar-refractivity contribution in [2.45, 2.75) is 0 Å². The Kier molecular flexibility index (Phi) is 4.92. The van der Waals surface area contributed by atoms with E-state index in [1.807, 2.05) is 66.7 Å². The van der Waals surface area contributed by atoms with Crippen LogP contribution in [-0.4, -0.2) is 10.8 Å². The summed E-state index contributed by atoms with van der Waals surface area (Å²) in [7, 11) is 0. The molecule has 0 bridgehead atoms. The predicted octanol–water partition coefficient (Wildman–Crippen LogP) is 5.74. The average Bonchev–Trinajstić information content (AvgIpc) is 2.72. The van der Waals surface area contributed by atoms with Gasteiger partial charge in [-0.15, -0.1) is 0 Å². The maximum absolute atomic E-state index is 13.0. The van der Waals surface area contributed by atoms with E-state index < -0.39 is 5.56 Å². The topological polar surface area (TPSA) is 49.9 Å². The van der Waals surface area contributed by atoms with Crippen molar-refractivity contribution >= 4 is 34.4 Å². The van der Waals surface area contributed by atoms with Gasteiger partial charge in [0.2, 0.25) is 0 Å². The number of aromatic nitrogens is 1. The quantitative estimate of drug-likeness (QED) is 0.359. The van der Waals surface area contributed by atoms with E-state index in [1.54, 1.807) is 18.2 Å². The van der Waals surface area contributed by atoms with Crippen molar-refractivity contribution < 1.29 is 4.79 Å². The lowest BCUT2D eigenvalue weighted by atomic mass is 9.94. The van der Waals surface area contributed by atoms with Crippen LogP contribution < -0.4 is 5.56 Å². The smallest absolute Gasteiger partial charge is 0.260 e. The van der Waals surface area contributed by atoms with E-state index in [2.05, 4.69) is 4.98 Å². The van der Waals surface area contributed by atoms with Gasteiger partial charge in [0, 0.05) is 21.5 Å². The van der Waals surface area contributed by atoms with Crippen molar-refractivity contribution in [2.75, 3.05) is 0 Å². The van der Waals surface area contributed by atoms with E-state index in [0.29, 0.717) is 16.1 Å². The van der Waals surface area contributed by atoms with Gasteiger partial charge in [-0.05, 0) is 35.4 Å². The first-order valence-electron chi connectivity index (χ1n) is 8.82. The van der Waals surface area contributed by atoms with E-state index in [4.69, 9.17) is 11.6 Å². The second kappa shape index (κ2) is 7.67. The Morgan fingerprint density at radius 2 is 1.54 bits per heavy atom. The molecule has 0 unspecified atom stereocenters. The zero-order valence-electron chi connectivity index (χ0n) is 14.9. The normalized spacial score (nSPS) is 11.2. The number of hydrogen-bond donors (Lipinski definition) is 1. The summed E-state index contributed by atoms with van der Waals surface area (Å²) in [5.74, 6) is -0.346. The van der Waals surface area contributed by atoms with Crippen molar-refractivity contribution in [2.24, 2.45) is 0 Å². The molecule has 0 aliphatic heterocycles. The molecule has 136 valence electrons. The number of carbonyl (C=O) groups is 1. The third-order valence-corrected chi connectivity index (χ3v) is 4.78. The van der Waals surface area contributed by atoms with Gasteiger partial charge in [-0.2, -0.15) is 0 Å². The van der Waals surface area contributed by atoms with Crippen LogP contribution in [0.15, 0.2) is 89.7 Å². The summed E-state index contributed by atoms with van der Waals surface area (Å²) in [4.78, 5) is 28.6. The minimum absolute atomic E-state index is 0.134. The first-order valence-corrected chi connectivity index (χ1v) is 9.20. The molecule has 28 heavy (non-hydrogen) atoms. The summed E-state index contributed by atoms with van der Waals surface area (Å²) in [5.41, 5.74) is 2.73. The minimum atomic E-state index is -0.400. The molecular formula is C24H16ClNO2. The van der Waals surface area contributed by atoms with Crippen molar-refractivity contribution in [3.63, 3.8) is 0 Å². The Bertz CT molecular complexity index is 1240. The Labute approximate surface area is 166 Å². The molecule has 3 aromatic carbocycles. The summed E-state index contributed by atoms with van der Waals surface area (Å²) in [6.07, 6.45) is 3.11. The number of pyridine rings is 1. The van der Waals surface area contributed by atoms with Gasteiger partial charge in [-0.1, -0.05) is 78.3 Å². The molecule has 4 heteroatoms. The summed E-state index contributed by atoms with van der Waals surface area (Å²) < 4.78 is 0. The maximum Gasteiger partial charge on any atom is 0.260 e. The maximum atomic E-state index is 13.0. The monoisotopic (exact) mass is 385 g/mol. The number of halogens is 1. The number of para-hydroxylation sites is 1. The lowest BCUT2D eigenvalue weighted by Gasteiger charge is -2.11. The highest BCUT2D eigenvalue weighted by atomic mass is 35.5. The van der Waals surface area contributed by atoms with Gasteiger partial charge in [0.25, 0.3) is 5.56 Å². The number of hydrogen-bond acceptors (Lipinski definition) is 2. The van der Waals surface area contributed by atoms with E-state index in [1.165, 1.54) is 6.08 Å². The van der Waals surface area contributed by atoms with Crippen molar-refractivity contribution in [3.8, 4) is 11.1 Å². The highest BCUT2D eigenvalue weighted by Gasteiger charge is 2.18. The number of fused-ring (bicyclic) bond motifs is 1. The van der Waals surface area contributed by atoms with Crippen LogP contribution in [0.2, 0.25) is 5.02 Å². The molecule has 0 saturated carbocycles. The highest BCUT2D eigenvalue weighted by Crippen LogP contribution is 2.29. The lowest BCUT2D eigenvalue weighted by Crippen LogP contribution is -2.18. The van der Waals surface area contributed by atoms with Gasteiger partial charge in [-0.3, -0.25) is 9.59 Å². The van der Waals surface area contributed by atoms with Gasteiger partial charge in [0.1, 0.15) is 0 Å². The van der Waals surface area contributed by atoms with Crippen LogP contribution in [0.4, 0.5) is 0 Å². The fourth-order valence-corrected chi connectivity index (χ4v) is 3.34. The molecule has 1 heterocycles. The molecular weight excluding hydrogens is 370 g/mol. The van der Waals surface area contributed by atoms with Crippen molar-refractivity contribution in [1.82, 2.24) is 4.98 Å². The van der Waals surface area contributed by atoms with Gasteiger partial charge in [0.15, 0.2) is 5.78 Å². The molecule has 1 N–H and O–H groups in total. The number of H-pyrrole nitrogens is 1. The molecule has 0 saturated heterocycles. The molecule has 1 aromatic heterocycles. The number of benzene rings is 3. The largest absolute Gasteiger partial charge is 0.321 e. The van der Waals surface area contributed by atoms with E-state index in [-0.39, 0.29) is 11.3 Å². The number of nitrogens with one attached hydrogen (secondary N) is 1. The van der Waals surface area contributed by atoms with Crippen LogP contribution >= 0.6 is 11.6 Å². The van der Waals surface area contributed by atoms with Crippen LogP contribution in [0.25, 0.3) is 28.1 Å². The molecule has 0 atom stereocenters. The molecule has 3 nitrogen and oxygen atoms in total. The number of rotatable bonds is 4. The fraction of sp³-hybridized carbons (Fsp3) is 0. The molecule has 4 rings (SSSR count). The third kappa shape index (κ3) is 3.53. The summed E-state index contributed by atoms with van der Waals surface area (Å²) in [6.45, 7) is 0. The molecule has 0 amide bonds.